The van der Waals surface area contributed by atoms with Crippen molar-refractivity contribution >= 4 is 5.91 Å². The van der Waals surface area contributed by atoms with Gasteiger partial charge in [0.1, 0.15) is 0 Å². The summed E-state index contributed by atoms with van der Waals surface area (Å²) in [5.74, 6) is 3.83. The van der Waals surface area contributed by atoms with Crippen LogP contribution in [-0.2, 0) is 4.79 Å². The zero-order valence-corrected chi connectivity index (χ0v) is 12.5. The Morgan fingerprint density at radius 3 is 1.95 bits per heavy atom. The number of carbonyl (C=O) groups is 1. The first-order valence-electron chi connectivity index (χ1n) is 8.09. The van der Waals surface area contributed by atoms with Gasteiger partial charge in [-0.3, -0.25) is 4.79 Å². The summed E-state index contributed by atoms with van der Waals surface area (Å²) in [5, 5.41) is 6.67. The Morgan fingerprint density at radius 2 is 1.47 bits per heavy atom. The molecule has 3 heteroatoms. The lowest BCUT2D eigenvalue weighted by Crippen LogP contribution is -2.58. The molecule has 2 N–H and O–H groups in total. The first-order chi connectivity index (χ1) is 9.02. The summed E-state index contributed by atoms with van der Waals surface area (Å²) in [6, 6.07) is 0.779. The summed E-state index contributed by atoms with van der Waals surface area (Å²) in [7, 11) is 0. The first-order valence-corrected chi connectivity index (χ1v) is 8.09. The minimum atomic E-state index is -0.0510. The van der Waals surface area contributed by atoms with Gasteiger partial charge in [0.05, 0.1) is 6.04 Å². The fourth-order valence-corrected chi connectivity index (χ4v) is 4.97. The van der Waals surface area contributed by atoms with Crippen molar-refractivity contribution in [1.82, 2.24) is 10.6 Å². The molecule has 1 amide bonds. The Labute approximate surface area is 116 Å². The molecular weight excluding hydrogens is 236 g/mol. The van der Waals surface area contributed by atoms with Crippen LogP contribution in [0.15, 0.2) is 0 Å². The summed E-state index contributed by atoms with van der Waals surface area (Å²) in [6.07, 6.45) is 7.11. The van der Waals surface area contributed by atoms with Crippen LogP contribution in [0.4, 0.5) is 0 Å². The third-order valence-electron chi connectivity index (χ3n) is 5.49. The highest BCUT2D eigenvalue weighted by Gasteiger charge is 2.48. The van der Waals surface area contributed by atoms with Gasteiger partial charge in [-0.25, -0.2) is 0 Å². The van der Waals surface area contributed by atoms with Crippen LogP contribution < -0.4 is 10.6 Å². The lowest BCUT2D eigenvalue weighted by atomic mass is 9.54. The van der Waals surface area contributed by atoms with Crippen LogP contribution in [0.3, 0.4) is 0 Å². The second-order valence-corrected chi connectivity index (χ2v) is 7.51. The molecule has 108 valence electrons. The average molecular weight is 264 g/mol. The number of amides is 1. The standard InChI is InChI=1S/C16H28N2O/c1-9(2)17-16(19)10(3)18-15-13-5-11-4-12(7-13)8-14(15)6-11/h9-15,18H,4-8H2,1-3H3,(H,17,19). The largest absolute Gasteiger partial charge is 0.353 e. The van der Waals surface area contributed by atoms with Crippen LogP contribution >= 0.6 is 0 Å². The normalized spacial score (nSPS) is 41.6. The lowest BCUT2D eigenvalue weighted by Gasteiger charge is -2.55. The van der Waals surface area contributed by atoms with Crippen molar-refractivity contribution < 1.29 is 4.79 Å². The van der Waals surface area contributed by atoms with Crippen molar-refractivity contribution in [2.45, 2.75) is 71.0 Å². The van der Waals surface area contributed by atoms with E-state index in [0.717, 1.165) is 23.7 Å². The fraction of sp³-hybridized carbons (Fsp3) is 0.938. The van der Waals surface area contributed by atoms with E-state index in [-0.39, 0.29) is 18.0 Å². The maximum Gasteiger partial charge on any atom is 0.237 e. The van der Waals surface area contributed by atoms with Crippen molar-refractivity contribution in [3.8, 4) is 0 Å². The topological polar surface area (TPSA) is 41.1 Å². The van der Waals surface area contributed by atoms with Gasteiger partial charge in [-0.05, 0) is 76.5 Å². The molecule has 4 aliphatic rings. The third-order valence-corrected chi connectivity index (χ3v) is 5.49. The Hall–Kier alpha value is -0.570. The van der Waals surface area contributed by atoms with E-state index in [1.54, 1.807) is 0 Å². The Kier molecular flexibility index (Phi) is 3.59. The summed E-state index contributed by atoms with van der Waals surface area (Å²) >= 11 is 0. The highest BCUT2D eigenvalue weighted by atomic mass is 16.2. The predicted molar refractivity (Wildman–Crippen MR) is 76.7 cm³/mol. The Bertz CT molecular complexity index is 325. The van der Waals surface area contributed by atoms with E-state index in [2.05, 4.69) is 10.6 Å². The van der Waals surface area contributed by atoms with Crippen molar-refractivity contribution in [3.05, 3.63) is 0 Å². The van der Waals surface area contributed by atoms with Crippen LogP contribution in [0.1, 0.15) is 52.9 Å². The highest BCUT2D eigenvalue weighted by molar-refractivity contribution is 5.81. The van der Waals surface area contributed by atoms with Gasteiger partial charge in [-0.1, -0.05) is 0 Å². The van der Waals surface area contributed by atoms with Crippen LogP contribution in [0, 0.1) is 23.7 Å². The molecule has 0 aromatic heterocycles. The molecule has 0 spiro atoms. The zero-order valence-electron chi connectivity index (χ0n) is 12.5. The first kappa shape index (κ1) is 13.4. The Balaban J connectivity index is 1.59. The molecule has 1 unspecified atom stereocenters. The van der Waals surface area contributed by atoms with Crippen LogP contribution in [0.25, 0.3) is 0 Å². The number of carbonyl (C=O) groups excluding carboxylic acids is 1. The summed E-state index contributed by atoms with van der Waals surface area (Å²) in [5.41, 5.74) is 0. The van der Waals surface area contributed by atoms with Crippen LogP contribution in [-0.4, -0.2) is 24.0 Å². The fourth-order valence-electron chi connectivity index (χ4n) is 4.97. The average Bonchev–Trinajstić information content (AvgIpc) is 2.31. The number of nitrogens with one attached hydrogen (secondary N) is 2. The molecule has 0 aromatic rings. The Morgan fingerprint density at radius 1 is 0.947 bits per heavy atom. The molecule has 4 bridgehead atoms. The van der Waals surface area contributed by atoms with Gasteiger partial charge in [-0.15, -0.1) is 0 Å². The lowest BCUT2D eigenvalue weighted by molar-refractivity contribution is -0.124. The molecule has 3 nitrogen and oxygen atoms in total. The monoisotopic (exact) mass is 264 g/mol. The van der Waals surface area contributed by atoms with Crippen molar-refractivity contribution in [2.24, 2.45) is 23.7 Å². The van der Waals surface area contributed by atoms with Crippen molar-refractivity contribution in [1.29, 1.82) is 0 Å². The van der Waals surface area contributed by atoms with Gasteiger partial charge in [-0.2, -0.15) is 0 Å². The van der Waals surface area contributed by atoms with E-state index in [4.69, 9.17) is 0 Å². The quantitative estimate of drug-likeness (QED) is 0.818. The maximum atomic E-state index is 12.0. The molecule has 4 fully saturated rings. The second kappa shape index (κ2) is 5.08. The number of hydrogen-bond donors (Lipinski definition) is 2. The van der Waals surface area contributed by atoms with E-state index in [9.17, 15) is 4.79 Å². The summed E-state index contributed by atoms with van der Waals surface area (Å²) < 4.78 is 0. The van der Waals surface area contributed by atoms with E-state index in [0.29, 0.717) is 6.04 Å². The van der Waals surface area contributed by atoms with Crippen molar-refractivity contribution in [3.63, 3.8) is 0 Å². The maximum absolute atomic E-state index is 12.0. The molecule has 0 aromatic carbocycles. The molecular formula is C16H28N2O. The minimum Gasteiger partial charge on any atom is -0.353 e. The molecule has 0 heterocycles. The van der Waals surface area contributed by atoms with Gasteiger partial charge < -0.3 is 10.6 Å². The molecule has 19 heavy (non-hydrogen) atoms. The van der Waals surface area contributed by atoms with Gasteiger partial charge in [0.15, 0.2) is 0 Å². The molecule has 4 aliphatic carbocycles. The number of hydrogen-bond acceptors (Lipinski definition) is 2. The third kappa shape index (κ3) is 2.67. The summed E-state index contributed by atoms with van der Waals surface area (Å²) in [4.78, 5) is 12.0. The molecule has 0 saturated heterocycles. The minimum absolute atomic E-state index is 0.0510. The van der Waals surface area contributed by atoms with Crippen LogP contribution in [0.2, 0.25) is 0 Å². The second-order valence-electron chi connectivity index (χ2n) is 7.51. The SMILES string of the molecule is CC(C)NC(=O)C(C)NC1C2CC3CC(C2)CC1C3. The summed E-state index contributed by atoms with van der Waals surface area (Å²) in [6.45, 7) is 6.06. The highest BCUT2D eigenvalue weighted by Crippen LogP contribution is 2.53. The van der Waals surface area contributed by atoms with E-state index >= 15 is 0 Å². The molecule has 0 aliphatic heterocycles. The van der Waals surface area contributed by atoms with E-state index in [1.807, 2.05) is 20.8 Å². The van der Waals surface area contributed by atoms with Crippen molar-refractivity contribution in [2.75, 3.05) is 0 Å². The number of rotatable bonds is 4. The molecule has 0 radical (unpaired) electrons. The van der Waals surface area contributed by atoms with Gasteiger partial charge in [0, 0.05) is 12.1 Å². The van der Waals surface area contributed by atoms with E-state index in [1.165, 1.54) is 32.1 Å². The molecule has 1 atom stereocenters. The van der Waals surface area contributed by atoms with E-state index < -0.39 is 0 Å². The van der Waals surface area contributed by atoms with Crippen LogP contribution in [0.5, 0.6) is 0 Å². The molecule has 4 rings (SSSR count). The molecule has 4 saturated carbocycles. The smallest absolute Gasteiger partial charge is 0.237 e. The van der Waals surface area contributed by atoms with Gasteiger partial charge in [0.25, 0.3) is 0 Å². The predicted octanol–water partition coefficient (Wildman–Crippen LogP) is 2.31. The van der Waals surface area contributed by atoms with Gasteiger partial charge >= 0.3 is 0 Å². The van der Waals surface area contributed by atoms with Gasteiger partial charge in [0.2, 0.25) is 5.91 Å². The zero-order chi connectivity index (χ0) is 13.6.